The van der Waals surface area contributed by atoms with Gasteiger partial charge in [0.25, 0.3) is 5.91 Å². The van der Waals surface area contributed by atoms with Gasteiger partial charge in [0.1, 0.15) is 5.82 Å². The molecule has 8 nitrogen and oxygen atoms in total. The van der Waals surface area contributed by atoms with Crippen LogP contribution in [-0.2, 0) is 21.7 Å². The van der Waals surface area contributed by atoms with Gasteiger partial charge in [0.2, 0.25) is 5.91 Å². The fourth-order valence-electron chi connectivity index (χ4n) is 3.44. The molecule has 1 aliphatic heterocycles. The fraction of sp³-hybridized carbons (Fsp3) is 0.478. The second kappa shape index (κ2) is 11.8. The van der Waals surface area contributed by atoms with Crippen LogP contribution < -0.4 is 10.2 Å². The minimum atomic E-state index is -0.106. The zero-order valence-corrected chi connectivity index (χ0v) is 19.8. The molecule has 0 aliphatic carbocycles. The highest BCUT2D eigenvalue weighted by Gasteiger charge is 2.20. The Kier molecular flexibility index (Phi) is 8.87. The van der Waals surface area contributed by atoms with Crippen molar-refractivity contribution in [2.75, 3.05) is 51.3 Å². The van der Waals surface area contributed by atoms with Gasteiger partial charge in [0, 0.05) is 69.8 Å². The summed E-state index contributed by atoms with van der Waals surface area (Å²) in [6, 6.07) is 9.65. The third-order valence-electron chi connectivity index (χ3n) is 5.31. The van der Waals surface area contributed by atoms with E-state index < -0.39 is 0 Å². The first-order chi connectivity index (χ1) is 15.5. The van der Waals surface area contributed by atoms with Gasteiger partial charge in [-0.25, -0.2) is 9.97 Å². The Labute approximate surface area is 193 Å². The molecule has 0 saturated carbocycles. The minimum absolute atomic E-state index is 0.106. The molecule has 2 heterocycles. The highest BCUT2D eigenvalue weighted by Crippen LogP contribution is 2.24. The monoisotopic (exact) mass is 457 g/mol. The Bertz CT molecular complexity index is 932. The van der Waals surface area contributed by atoms with Crippen LogP contribution >= 0.6 is 11.8 Å². The van der Waals surface area contributed by atoms with Crippen molar-refractivity contribution < 1.29 is 14.3 Å². The average molecular weight is 458 g/mol. The van der Waals surface area contributed by atoms with Gasteiger partial charge in [0.05, 0.1) is 6.61 Å². The van der Waals surface area contributed by atoms with Crippen molar-refractivity contribution in [2.24, 2.45) is 0 Å². The van der Waals surface area contributed by atoms with Crippen molar-refractivity contribution in [1.82, 2.24) is 20.2 Å². The number of hydrogen-bond acceptors (Lipinski definition) is 7. The normalized spacial score (nSPS) is 13.8. The largest absolute Gasteiger partial charge is 0.383 e. The number of rotatable bonds is 9. The van der Waals surface area contributed by atoms with Gasteiger partial charge in [-0.05, 0) is 24.1 Å². The van der Waals surface area contributed by atoms with Crippen LogP contribution in [0.2, 0.25) is 0 Å². The van der Waals surface area contributed by atoms with Gasteiger partial charge in [-0.3, -0.25) is 9.59 Å². The number of anilines is 1. The number of nitrogens with one attached hydrogen (secondary N) is 1. The summed E-state index contributed by atoms with van der Waals surface area (Å²) in [5, 5.41) is 3.57. The van der Waals surface area contributed by atoms with E-state index in [2.05, 4.69) is 22.1 Å². The van der Waals surface area contributed by atoms with Crippen LogP contribution in [0.15, 0.2) is 35.5 Å². The summed E-state index contributed by atoms with van der Waals surface area (Å²) >= 11 is 1.56. The van der Waals surface area contributed by atoms with E-state index in [4.69, 9.17) is 9.72 Å². The number of carbonyl (C=O) groups excluding carboxylic acids is 2. The summed E-state index contributed by atoms with van der Waals surface area (Å²) in [7, 11) is 1.61. The number of benzene rings is 1. The van der Waals surface area contributed by atoms with E-state index in [1.165, 1.54) is 0 Å². The predicted molar refractivity (Wildman–Crippen MR) is 126 cm³/mol. The van der Waals surface area contributed by atoms with E-state index in [1.807, 2.05) is 35.2 Å². The average Bonchev–Trinajstić information content (AvgIpc) is 2.82. The van der Waals surface area contributed by atoms with Gasteiger partial charge < -0.3 is 19.9 Å². The maximum Gasteiger partial charge on any atom is 0.251 e. The molecule has 2 aromatic rings. The summed E-state index contributed by atoms with van der Waals surface area (Å²) in [5.74, 6) is 1.59. The maximum atomic E-state index is 12.3. The quantitative estimate of drug-likeness (QED) is 0.351. The lowest BCUT2D eigenvalue weighted by Crippen LogP contribution is -2.48. The maximum absolute atomic E-state index is 12.3. The number of carbonyl (C=O) groups is 2. The van der Waals surface area contributed by atoms with Crippen molar-refractivity contribution >= 4 is 29.4 Å². The summed E-state index contributed by atoms with van der Waals surface area (Å²) in [6.45, 7) is 7.62. The van der Waals surface area contributed by atoms with E-state index in [0.29, 0.717) is 37.6 Å². The molecular formula is C23H31N5O3S. The molecule has 3 rings (SSSR count). The van der Waals surface area contributed by atoms with Crippen LogP contribution in [0.25, 0.3) is 0 Å². The van der Waals surface area contributed by atoms with E-state index >= 15 is 0 Å². The number of amides is 2. The SMILES string of the molecule is CCc1cc(N2CCN(C(C)=O)CC2)nc(SCc2cccc(C(=O)NCCOC)c2)n1. The Morgan fingerprint density at radius 1 is 1.16 bits per heavy atom. The Morgan fingerprint density at radius 3 is 2.62 bits per heavy atom. The molecular weight excluding hydrogens is 426 g/mol. The van der Waals surface area contributed by atoms with Crippen molar-refractivity contribution in [3.05, 3.63) is 47.2 Å². The summed E-state index contributed by atoms with van der Waals surface area (Å²) in [5.41, 5.74) is 2.67. The summed E-state index contributed by atoms with van der Waals surface area (Å²) < 4.78 is 4.97. The van der Waals surface area contributed by atoms with Gasteiger partial charge in [-0.2, -0.15) is 0 Å². The highest BCUT2D eigenvalue weighted by atomic mass is 32.2. The Hall–Kier alpha value is -2.65. The number of ether oxygens (including phenoxy) is 1. The number of piperazine rings is 1. The number of aryl methyl sites for hydroxylation is 1. The predicted octanol–water partition coefficient (Wildman–Crippen LogP) is 2.38. The van der Waals surface area contributed by atoms with Gasteiger partial charge >= 0.3 is 0 Å². The molecule has 0 unspecified atom stereocenters. The fourth-order valence-corrected chi connectivity index (χ4v) is 4.25. The van der Waals surface area contributed by atoms with Crippen LogP contribution in [-0.4, -0.2) is 73.1 Å². The molecule has 1 N–H and O–H groups in total. The van der Waals surface area contributed by atoms with Crippen LogP contribution in [0.3, 0.4) is 0 Å². The lowest BCUT2D eigenvalue weighted by molar-refractivity contribution is -0.129. The summed E-state index contributed by atoms with van der Waals surface area (Å²) in [4.78, 5) is 37.4. The molecule has 1 fully saturated rings. The molecule has 0 atom stereocenters. The second-order valence-corrected chi connectivity index (χ2v) is 8.53. The molecule has 1 aliphatic rings. The van der Waals surface area contributed by atoms with E-state index in [9.17, 15) is 9.59 Å². The first-order valence-electron chi connectivity index (χ1n) is 10.9. The van der Waals surface area contributed by atoms with Crippen LogP contribution in [0.4, 0.5) is 5.82 Å². The Balaban J connectivity index is 1.65. The molecule has 0 bridgehead atoms. The van der Waals surface area contributed by atoms with Gasteiger partial charge in [-0.15, -0.1) is 0 Å². The first-order valence-corrected chi connectivity index (χ1v) is 11.9. The van der Waals surface area contributed by atoms with Crippen LogP contribution in [0, 0.1) is 0 Å². The molecule has 32 heavy (non-hydrogen) atoms. The zero-order chi connectivity index (χ0) is 22.9. The smallest absolute Gasteiger partial charge is 0.251 e. The number of hydrogen-bond donors (Lipinski definition) is 1. The molecule has 2 amide bonds. The number of nitrogens with zero attached hydrogens (tertiary/aromatic N) is 4. The van der Waals surface area contributed by atoms with Crippen molar-refractivity contribution in [2.45, 2.75) is 31.2 Å². The van der Waals surface area contributed by atoms with Gasteiger partial charge in [-0.1, -0.05) is 30.8 Å². The zero-order valence-electron chi connectivity index (χ0n) is 19.0. The van der Waals surface area contributed by atoms with Crippen LogP contribution in [0.1, 0.15) is 35.5 Å². The standard InChI is InChI=1S/C23H31N5O3S/c1-4-20-15-21(28-11-9-27(10-12-28)17(2)29)26-23(25-20)32-16-18-6-5-7-19(14-18)22(30)24-8-13-31-3/h5-7,14-15H,4,8-13,16H2,1-3H3,(H,24,30). The van der Waals surface area contributed by atoms with Crippen molar-refractivity contribution in [3.63, 3.8) is 0 Å². The van der Waals surface area contributed by atoms with Crippen LogP contribution in [0.5, 0.6) is 0 Å². The van der Waals surface area contributed by atoms with Gasteiger partial charge in [0.15, 0.2) is 5.16 Å². The van der Waals surface area contributed by atoms with E-state index in [-0.39, 0.29) is 11.8 Å². The lowest BCUT2D eigenvalue weighted by atomic mass is 10.1. The number of methoxy groups -OCH3 is 1. The van der Waals surface area contributed by atoms with Crippen molar-refractivity contribution in [3.8, 4) is 0 Å². The number of aromatic nitrogens is 2. The third kappa shape index (κ3) is 6.67. The molecule has 9 heteroatoms. The molecule has 1 aromatic heterocycles. The minimum Gasteiger partial charge on any atom is -0.383 e. The molecule has 1 saturated heterocycles. The number of thioether (sulfide) groups is 1. The summed E-state index contributed by atoms with van der Waals surface area (Å²) in [6.07, 6.45) is 0.827. The first kappa shape index (κ1) is 24.0. The molecule has 1 aromatic carbocycles. The highest BCUT2D eigenvalue weighted by molar-refractivity contribution is 7.98. The molecule has 0 spiro atoms. The van der Waals surface area contributed by atoms with E-state index in [0.717, 1.165) is 41.7 Å². The Morgan fingerprint density at radius 2 is 1.94 bits per heavy atom. The molecule has 172 valence electrons. The van der Waals surface area contributed by atoms with Crippen molar-refractivity contribution in [1.29, 1.82) is 0 Å². The topological polar surface area (TPSA) is 87.7 Å². The third-order valence-corrected chi connectivity index (χ3v) is 6.22. The second-order valence-electron chi connectivity index (χ2n) is 7.58. The lowest BCUT2D eigenvalue weighted by Gasteiger charge is -2.35. The molecule has 0 radical (unpaired) electrons. The van der Waals surface area contributed by atoms with E-state index in [1.54, 1.807) is 25.8 Å².